The number of hydrogen-bond acceptors (Lipinski definition) is 2. The summed E-state index contributed by atoms with van der Waals surface area (Å²) in [5.41, 5.74) is 7.82. The lowest BCUT2D eigenvalue weighted by Gasteiger charge is -2.19. The van der Waals surface area contributed by atoms with Gasteiger partial charge >= 0.3 is 0 Å². The van der Waals surface area contributed by atoms with Crippen molar-refractivity contribution in [3.05, 3.63) is 12.2 Å². The molecule has 2 N–H and O–H groups in total. The van der Waals surface area contributed by atoms with Gasteiger partial charge in [0.15, 0.2) is 0 Å². The standard InChI is InChI=1S/C13H25FN2/c1-5-6-13(15)7-10(2)12(9-14)8-11(3)16-4/h12-13H,2,5-9,15H2,1,3-4H3. The molecule has 0 aliphatic heterocycles. The van der Waals surface area contributed by atoms with E-state index in [-0.39, 0.29) is 18.6 Å². The Morgan fingerprint density at radius 1 is 1.44 bits per heavy atom. The van der Waals surface area contributed by atoms with E-state index in [9.17, 15) is 4.39 Å². The Hall–Kier alpha value is -0.700. The van der Waals surface area contributed by atoms with E-state index < -0.39 is 0 Å². The second-order valence-corrected chi connectivity index (χ2v) is 4.43. The molecule has 3 heteroatoms. The van der Waals surface area contributed by atoms with Gasteiger partial charge in [0.25, 0.3) is 0 Å². The molecule has 0 aliphatic carbocycles. The molecule has 0 rings (SSSR count). The lowest BCUT2D eigenvalue weighted by Crippen LogP contribution is -2.23. The SMILES string of the molecule is C=C(CC(N)CCC)C(CF)CC(C)=NC. The van der Waals surface area contributed by atoms with Crippen LogP contribution in [0.15, 0.2) is 17.1 Å². The van der Waals surface area contributed by atoms with Crippen molar-refractivity contribution in [1.82, 2.24) is 0 Å². The normalized spacial score (nSPS) is 15.9. The van der Waals surface area contributed by atoms with Gasteiger partial charge in [-0.3, -0.25) is 9.38 Å². The van der Waals surface area contributed by atoms with Gasteiger partial charge in [-0.1, -0.05) is 25.5 Å². The quantitative estimate of drug-likeness (QED) is 0.503. The Bertz CT molecular complexity index is 236. The monoisotopic (exact) mass is 228 g/mol. The minimum Gasteiger partial charge on any atom is -0.327 e. The van der Waals surface area contributed by atoms with Crippen LogP contribution in [0.5, 0.6) is 0 Å². The van der Waals surface area contributed by atoms with Crippen molar-refractivity contribution < 1.29 is 4.39 Å². The molecule has 0 aromatic heterocycles. The van der Waals surface area contributed by atoms with Crippen molar-refractivity contribution in [1.29, 1.82) is 0 Å². The average molecular weight is 228 g/mol. The highest BCUT2D eigenvalue weighted by molar-refractivity contribution is 5.82. The molecule has 0 amide bonds. The number of nitrogens with zero attached hydrogens (tertiary/aromatic N) is 1. The van der Waals surface area contributed by atoms with Crippen molar-refractivity contribution in [2.75, 3.05) is 13.7 Å². The van der Waals surface area contributed by atoms with E-state index in [2.05, 4.69) is 18.5 Å². The molecule has 16 heavy (non-hydrogen) atoms. The molecular formula is C13H25FN2. The molecule has 94 valence electrons. The van der Waals surface area contributed by atoms with Gasteiger partial charge in [0.1, 0.15) is 0 Å². The van der Waals surface area contributed by atoms with Crippen LogP contribution in [0.25, 0.3) is 0 Å². The first-order chi connectivity index (χ1) is 7.54. The van der Waals surface area contributed by atoms with Crippen LogP contribution in [-0.2, 0) is 0 Å². The molecule has 0 aliphatic rings. The summed E-state index contributed by atoms with van der Waals surface area (Å²) in [4.78, 5) is 4.05. The number of halogens is 1. The van der Waals surface area contributed by atoms with Crippen LogP contribution in [-0.4, -0.2) is 25.5 Å². The molecular weight excluding hydrogens is 203 g/mol. The number of alkyl halides is 1. The number of hydrogen-bond donors (Lipinski definition) is 1. The van der Waals surface area contributed by atoms with Gasteiger partial charge in [0, 0.05) is 24.7 Å². The summed E-state index contributed by atoms with van der Waals surface area (Å²) in [5, 5.41) is 0. The third-order valence-electron chi connectivity index (χ3n) is 2.87. The predicted molar refractivity (Wildman–Crippen MR) is 69.8 cm³/mol. The third-order valence-corrected chi connectivity index (χ3v) is 2.87. The van der Waals surface area contributed by atoms with Gasteiger partial charge in [-0.2, -0.15) is 0 Å². The van der Waals surface area contributed by atoms with Gasteiger partial charge in [-0.05, 0) is 26.2 Å². The summed E-state index contributed by atoms with van der Waals surface area (Å²) >= 11 is 0. The Kier molecular flexibility index (Phi) is 8.08. The average Bonchev–Trinajstić information content (AvgIpc) is 2.25. The van der Waals surface area contributed by atoms with Crippen molar-refractivity contribution in [3.63, 3.8) is 0 Å². The highest BCUT2D eigenvalue weighted by Gasteiger charge is 2.15. The third kappa shape index (κ3) is 6.01. The number of nitrogens with two attached hydrogens (primary N) is 1. The van der Waals surface area contributed by atoms with Gasteiger partial charge in [-0.25, -0.2) is 0 Å². The van der Waals surface area contributed by atoms with Crippen molar-refractivity contribution in [2.24, 2.45) is 16.6 Å². The van der Waals surface area contributed by atoms with Gasteiger partial charge < -0.3 is 5.73 Å². The van der Waals surface area contributed by atoms with Crippen LogP contribution in [0.3, 0.4) is 0 Å². The first-order valence-electron chi connectivity index (χ1n) is 5.96. The van der Waals surface area contributed by atoms with Gasteiger partial charge in [0.05, 0.1) is 6.67 Å². The Balaban J connectivity index is 4.20. The second-order valence-electron chi connectivity index (χ2n) is 4.43. The molecule has 0 aromatic carbocycles. The van der Waals surface area contributed by atoms with E-state index >= 15 is 0 Å². The first kappa shape index (κ1) is 15.3. The van der Waals surface area contributed by atoms with Crippen LogP contribution < -0.4 is 5.73 Å². The Morgan fingerprint density at radius 3 is 2.50 bits per heavy atom. The van der Waals surface area contributed by atoms with E-state index in [4.69, 9.17) is 5.73 Å². The molecule has 2 atom stereocenters. The summed E-state index contributed by atoms with van der Waals surface area (Å²) in [6.45, 7) is 7.61. The van der Waals surface area contributed by atoms with Crippen molar-refractivity contribution >= 4 is 5.71 Å². The lowest BCUT2D eigenvalue weighted by molar-refractivity contribution is 0.392. The minimum atomic E-state index is -0.370. The topological polar surface area (TPSA) is 38.4 Å². The number of rotatable bonds is 8. The van der Waals surface area contributed by atoms with E-state index in [1.54, 1.807) is 7.05 Å². The molecule has 0 aromatic rings. The number of aliphatic imine (C=N–C) groups is 1. The van der Waals surface area contributed by atoms with E-state index in [0.717, 1.165) is 30.5 Å². The van der Waals surface area contributed by atoms with Crippen molar-refractivity contribution in [3.8, 4) is 0 Å². The molecule has 2 nitrogen and oxygen atoms in total. The Morgan fingerprint density at radius 2 is 2.06 bits per heavy atom. The molecule has 0 heterocycles. The molecule has 0 fully saturated rings. The molecule has 2 unspecified atom stereocenters. The molecule has 0 saturated heterocycles. The fourth-order valence-corrected chi connectivity index (χ4v) is 1.73. The molecule has 0 saturated carbocycles. The summed E-state index contributed by atoms with van der Waals surface area (Å²) in [6.07, 6.45) is 3.41. The first-order valence-corrected chi connectivity index (χ1v) is 5.96. The van der Waals surface area contributed by atoms with E-state index in [1.807, 2.05) is 6.92 Å². The fourth-order valence-electron chi connectivity index (χ4n) is 1.73. The summed E-state index contributed by atoms with van der Waals surface area (Å²) in [5.74, 6) is -0.119. The minimum absolute atomic E-state index is 0.116. The van der Waals surface area contributed by atoms with Crippen LogP contribution in [0.4, 0.5) is 4.39 Å². The predicted octanol–water partition coefficient (Wildman–Crippen LogP) is 3.13. The van der Waals surface area contributed by atoms with Crippen LogP contribution >= 0.6 is 0 Å². The van der Waals surface area contributed by atoms with Crippen LogP contribution in [0.2, 0.25) is 0 Å². The largest absolute Gasteiger partial charge is 0.327 e. The second kappa shape index (κ2) is 8.45. The summed E-state index contributed by atoms with van der Waals surface area (Å²) in [7, 11) is 1.73. The molecule has 0 bridgehead atoms. The highest BCUT2D eigenvalue weighted by Crippen LogP contribution is 2.20. The summed E-state index contributed by atoms with van der Waals surface area (Å²) < 4.78 is 12.9. The lowest BCUT2D eigenvalue weighted by atomic mass is 9.90. The Labute approximate surface area is 98.8 Å². The maximum absolute atomic E-state index is 12.9. The van der Waals surface area contributed by atoms with Crippen LogP contribution in [0, 0.1) is 5.92 Å². The summed E-state index contributed by atoms with van der Waals surface area (Å²) in [6, 6.07) is 0.116. The van der Waals surface area contributed by atoms with Gasteiger partial charge in [-0.15, -0.1) is 0 Å². The van der Waals surface area contributed by atoms with Crippen LogP contribution in [0.1, 0.15) is 39.5 Å². The van der Waals surface area contributed by atoms with E-state index in [1.165, 1.54) is 0 Å². The maximum atomic E-state index is 12.9. The van der Waals surface area contributed by atoms with Gasteiger partial charge in [0.2, 0.25) is 0 Å². The smallest absolute Gasteiger partial charge is 0.0963 e. The zero-order chi connectivity index (χ0) is 12.6. The van der Waals surface area contributed by atoms with Crippen molar-refractivity contribution in [2.45, 2.75) is 45.6 Å². The maximum Gasteiger partial charge on any atom is 0.0963 e. The zero-order valence-electron chi connectivity index (χ0n) is 10.8. The van der Waals surface area contributed by atoms with E-state index in [0.29, 0.717) is 6.42 Å². The fraction of sp³-hybridized carbons (Fsp3) is 0.769. The molecule has 0 spiro atoms. The highest BCUT2D eigenvalue weighted by atomic mass is 19.1. The zero-order valence-corrected chi connectivity index (χ0v) is 10.8. The molecule has 0 radical (unpaired) electrons.